The summed E-state index contributed by atoms with van der Waals surface area (Å²) in [7, 11) is 0.889. The number of nitrogens with zero attached hydrogens (tertiary/aromatic N) is 14. The standard InChI is InChI=1S/C32H44N7O2P.C26H32ClN6O3P.C25H29ClN5O2P.C24H23ClN5O3P/c1-37-17-19-39(20-18-37)24-13-15-38(16-14-24)25-11-12-27(29(21-25)41-2)35-32-33-22-26(23-9-10-23)31(36-32)34-28-7-5-6-8-30(28)42(3,4)40;1-17(34)29-18-11-13-33(14-12-18)19-9-10-21(23(15-19)36-2)31-26-28-16-20(27)25(32-26)30-22-7-5-6-8-24(22)37(3,4)35;1-31-13-11-17(12-14-31)18-9-10-20(22(15-18)33-2)29-25-27-16-19(26)24(30-25)28-21-7-5-6-8-23(21)34(3,4)32;1-32-21-14-17(33-16-10-12-26-13-11-16)8-9-19(21)29-24-27-15-18(25)23(30-24)28-20-6-4-5-7-22(20)34(2,3)31/h5-8,11-12,21-24H,9-10,13-20H2,1-4H3,(H2,33,34,35,36);5-10,15-16,18H,11-14H2,1-4H3,(H,29,34)(H2,28,30,31,32);5-11,15-16H,12-14H2,1-4H3,(H2,27,28,29,30);4-15H,1-3H3,(H2,27,28,29,30). The normalized spacial score (nSPS) is 14.9. The highest BCUT2D eigenvalue weighted by Crippen LogP contribution is 2.48. The van der Waals surface area contributed by atoms with Crippen LogP contribution in [-0.2, 0) is 23.1 Å². The van der Waals surface area contributed by atoms with Crippen LogP contribution in [0.2, 0.25) is 15.1 Å². The van der Waals surface area contributed by atoms with Gasteiger partial charge in [0.2, 0.25) is 29.7 Å². The fourth-order valence-corrected chi connectivity index (χ4v) is 22.6. The number of anilines is 18. The first-order valence-corrected chi connectivity index (χ1v) is 60.1. The van der Waals surface area contributed by atoms with Gasteiger partial charge in [0, 0.05) is 159 Å². The maximum atomic E-state index is 13.0. The van der Waals surface area contributed by atoms with Gasteiger partial charge in [-0.05, 0) is 239 Å². The number of pyridine rings is 1. The number of piperazine rings is 1. The molecule has 4 aliphatic heterocycles. The molecule has 1 aliphatic carbocycles. The summed E-state index contributed by atoms with van der Waals surface area (Å²) >= 11 is 19.1. The van der Waals surface area contributed by atoms with Gasteiger partial charge in [-0.25, -0.2) is 19.9 Å². The van der Waals surface area contributed by atoms with Crippen molar-refractivity contribution in [3.05, 3.63) is 251 Å². The number of aromatic nitrogens is 9. The van der Waals surface area contributed by atoms with Crippen LogP contribution in [0.25, 0.3) is 5.57 Å². The molecule has 9 N–H and O–H groups in total. The van der Waals surface area contributed by atoms with Crippen LogP contribution in [0.15, 0.2) is 225 Å². The number of hydrogen-bond acceptors (Lipinski definition) is 32. The minimum absolute atomic E-state index is 0.0123. The van der Waals surface area contributed by atoms with Gasteiger partial charge in [-0.2, -0.15) is 19.9 Å². The van der Waals surface area contributed by atoms with E-state index in [2.05, 4.69) is 157 Å². The van der Waals surface area contributed by atoms with Crippen molar-refractivity contribution >= 4 is 200 Å². The molecule has 8 aromatic carbocycles. The van der Waals surface area contributed by atoms with Crippen LogP contribution in [-0.4, -0.2) is 239 Å². The molecule has 13 aromatic rings. The van der Waals surface area contributed by atoms with Crippen molar-refractivity contribution in [2.75, 3.05) is 214 Å². The van der Waals surface area contributed by atoms with E-state index in [0.717, 1.165) is 133 Å². The number of piperidine rings is 2. The Labute approximate surface area is 875 Å². The quantitative estimate of drug-likeness (QED) is 0.0177. The van der Waals surface area contributed by atoms with Crippen LogP contribution in [0.3, 0.4) is 0 Å². The van der Waals surface area contributed by atoms with Gasteiger partial charge in [-0.15, -0.1) is 0 Å². The highest BCUT2D eigenvalue weighted by molar-refractivity contribution is 7.71. The lowest BCUT2D eigenvalue weighted by atomic mass is 9.99. The van der Waals surface area contributed by atoms with Gasteiger partial charge in [0.1, 0.15) is 84.0 Å². The summed E-state index contributed by atoms with van der Waals surface area (Å²) in [6.07, 6.45) is 19.5. The Bertz CT molecular complexity index is 7040. The Morgan fingerprint density at radius 2 is 0.755 bits per heavy atom. The Balaban J connectivity index is 0.000000148. The van der Waals surface area contributed by atoms with Crippen LogP contribution in [0.5, 0.6) is 34.5 Å². The molecule has 1 saturated carbocycles. The van der Waals surface area contributed by atoms with Gasteiger partial charge < -0.3 is 109 Å². The molecule has 5 aromatic heterocycles. The zero-order valence-corrected chi connectivity index (χ0v) is 91.2. The van der Waals surface area contributed by atoms with Crippen molar-refractivity contribution in [1.29, 1.82) is 0 Å². The molecule has 5 aliphatic rings. The van der Waals surface area contributed by atoms with Crippen LogP contribution in [0.1, 0.15) is 68.9 Å². The zero-order chi connectivity index (χ0) is 104. The van der Waals surface area contributed by atoms with E-state index < -0.39 is 28.6 Å². The molecule has 772 valence electrons. The molecule has 0 atom stereocenters. The number of likely N-dealkylation sites (N-methyl/N-ethyl adjacent to an activating group) is 2. The molecular weight excluding hydrogens is 2000 g/mol. The number of methoxy groups -OCH3 is 4. The predicted octanol–water partition coefficient (Wildman–Crippen LogP) is 21.9. The molecule has 0 unspecified atom stereocenters. The number of nitrogens with one attached hydrogen (secondary N) is 9. The molecule has 3 saturated heterocycles. The van der Waals surface area contributed by atoms with Crippen molar-refractivity contribution in [3.63, 3.8) is 0 Å². The Hall–Kier alpha value is -12.9. The summed E-state index contributed by atoms with van der Waals surface area (Å²) in [6.45, 7) is 26.0. The molecule has 18 rings (SSSR count). The van der Waals surface area contributed by atoms with E-state index in [1.54, 1.807) is 131 Å². The summed E-state index contributed by atoms with van der Waals surface area (Å²) in [5, 5.41) is 33.1. The molecule has 40 heteroatoms. The van der Waals surface area contributed by atoms with Crippen LogP contribution < -0.4 is 103 Å². The first-order chi connectivity index (χ1) is 70.5. The molecule has 0 radical (unpaired) electrons. The lowest BCUT2D eigenvalue weighted by Gasteiger charge is -2.42. The van der Waals surface area contributed by atoms with Crippen molar-refractivity contribution < 1.29 is 46.7 Å². The number of hydrogen-bond donors (Lipinski definition) is 9. The fraction of sp³-hybridized carbons (Fsp3) is 0.327. The van der Waals surface area contributed by atoms with Gasteiger partial charge >= 0.3 is 0 Å². The Morgan fingerprint density at radius 1 is 0.381 bits per heavy atom. The second-order valence-corrected chi connectivity index (χ2v) is 52.0. The minimum Gasteiger partial charge on any atom is -0.495 e. The first-order valence-electron chi connectivity index (χ1n) is 48.6. The lowest BCUT2D eigenvalue weighted by Crippen LogP contribution is -2.52. The maximum Gasteiger partial charge on any atom is 0.229 e. The molecule has 4 fully saturated rings. The van der Waals surface area contributed by atoms with Crippen molar-refractivity contribution in [3.8, 4) is 34.5 Å². The predicted molar refractivity (Wildman–Crippen MR) is 603 cm³/mol. The summed E-state index contributed by atoms with van der Waals surface area (Å²) in [5.41, 5.74) is 11.6. The van der Waals surface area contributed by atoms with Crippen molar-refractivity contribution in [1.82, 2.24) is 64.9 Å². The monoisotopic (exact) mass is 2120 g/mol. The highest BCUT2D eigenvalue weighted by Gasteiger charge is 2.33. The van der Waals surface area contributed by atoms with E-state index in [-0.39, 0.29) is 11.9 Å². The highest BCUT2D eigenvalue weighted by atomic mass is 35.5. The second-order valence-electron chi connectivity index (χ2n) is 38.0. The molecule has 33 nitrogen and oxygen atoms in total. The second kappa shape index (κ2) is 49.3. The lowest BCUT2D eigenvalue weighted by molar-refractivity contribution is -0.119. The fourth-order valence-electron chi connectivity index (χ4n) is 17.6. The number of halogens is 3. The van der Waals surface area contributed by atoms with E-state index >= 15 is 0 Å². The summed E-state index contributed by atoms with van der Waals surface area (Å²) in [4.78, 5) is 63.5. The summed E-state index contributed by atoms with van der Waals surface area (Å²) in [5.74, 6) is 7.87. The Kier molecular flexibility index (Phi) is 36.3. The third-order valence-corrected chi connectivity index (χ3v) is 32.6. The van der Waals surface area contributed by atoms with E-state index in [4.69, 9.17) is 63.5 Å². The number of benzene rings is 8. The largest absolute Gasteiger partial charge is 0.495 e. The van der Waals surface area contributed by atoms with Crippen LogP contribution in [0.4, 0.5) is 104 Å². The molecular formula is C107H128Cl3N23O10P4. The third-order valence-electron chi connectivity index (χ3n) is 25.6. The first kappa shape index (κ1) is 108. The van der Waals surface area contributed by atoms with E-state index in [1.807, 2.05) is 134 Å². The van der Waals surface area contributed by atoms with E-state index in [0.29, 0.717) is 131 Å². The van der Waals surface area contributed by atoms with Gasteiger partial charge in [-0.1, -0.05) is 95.5 Å². The van der Waals surface area contributed by atoms with E-state index in [9.17, 15) is 23.1 Å². The SMILES string of the molecule is COc1cc(C2=CCN(C)CC2)ccc1Nc1ncc(Cl)c(Nc2ccccc2P(C)(C)=O)n1.COc1cc(N2CCC(N3CCN(C)CC3)CC2)ccc1Nc1ncc(C2CC2)c(Nc2ccccc2P(C)(C)=O)n1.COc1cc(N2CCC(NC(C)=O)CC2)ccc1Nc1ncc(Cl)c(Nc2ccccc2P(C)(C)=O)n1.COc1cc(Oc2ccncc2)ccc1Nc1ncc(Cl)c(Nc2ccccc2P(C)(C)=O)n1. The smallest absolute Gasteiger partial charge is 0.229 e. The van der Waals surface area contributed by atoms with Gasteiger partial charge in [0.15, 0.2) is 17.5 Å². The van der Waals surface area contributed by atoms with Crippen molar-refractivity contribution in [2.45, 2.75) is 69.9 Å². The molecule has 1 amide bonds. The average Bonchev–Trinajstić information content (AvgIpc) is 1.53. The summed E-state index contributed by atoms with van der Waals surface area (Å²) < 4.78 is 79.6. The number of ether oxygens (including phenoxy) is 5. The van der Waals surface area contributed by atoms with Crippen LogP contribution in [0, 0.1) is 0 Å². The number of para-hydroxylation sites is 4. The number of carbonyl (C=O) groups is 1. The minimum atomic E-state index is -2.52. The summed E-state index contributed by atoms with van der Waals surface area (Å²) in [6, 6.07) is 58.2. The molecule has 147 heavy (non-hydrogen) atoms. The molecule has 9 heterocycles. The maximum absolute atomic E-state index is 13.0. The third kappa shape index (κ3) is 29.6. The van der Waals surface area contributed by atoms with Gasteiger partial charge in [0.25, 0.3) is 0 Å². The molecule has 0 bridgehead atoms. The van der Waals surface area contributed by atoms with Crippen molar-refractivity contribution in [2.24, 2.45) is 0 Å². The zero-order valence-electron chi connectivity index (χ0n) is 85.4. The topological polar surface area (TPSA) is 372 Å². The van der Waals surface area contributed by atoms with Gasteiger partial charge in [0.05, 0.1) is 92.5 Å². The Morgan fingerprint density at radius 3 is 1.15 bits per heavy atom. The average molecular weight is 2130 g/mol. The van der Waals surface area contributed by atoms with Crippen LogP contribution >= 0.6 is 63.4 Å². The number of rotatable bonds is 32. The van der Waals surface area contributed by atoms with Gasteiger partial charge in [-0.3, -0.25) is 14.7 Å². The number of amides is 1. The molecule has 0 spiro atoms. The van der Waals surface area contributed by atoms with E-state index in [1.165, 1.54) is 68.9 Å². The number of carbonyl (C=O) groups excluding carboxylic acids is 1.